The molecule has 0 unspecified atom stereocenters. The van der Waals surface area contributed by atoms with Crippen LogP contribution in [0.4, 0.5) is 0 Å². The number of ether oxygens (including phenoxy) is 2. The van der Waals surface area contributed by atoms with Gasteiger partial charge in [-0.25, -0.2) is 0 Å². The first-order valence-electron chi connectivity index (χ1n) is 13.5. The zero-order valence-corrected chi connectivity index (χ0v) is 24.0. The molecule has 0 spiro atoms. The zero-order valence-electron chi connectivity index (χ0n) is 23.0. The van der Waals surface area contributed by atoms with E-state index in [-0.39, 0.29) is 41.3 Å². The lowest BCUT2D eigenvalue weighted by Gasteiger charge is -2.41. The molecular formula is C29H45NO4Si. The van der Waals surface area contributed by atoms with E-state index in [4.69, 9.17) is 13.9 Å². The van der Waals surface area contributed by atoms with Gasteiger partial charge in [0.1, 0.15) is 6.23 Å². The number of rotatable bonds is 7. The molecule has 0 aromatic heterocycles. The Morgan fingerprint density at radius 3 is 2.66 bits per heavy atom. The van der Waals surface area contributed by atoms with Gasteiger partial charge in [-0.15, -0.1) is 0 Å². The van der Waals surface area contributed by atoms with Gasteiger partial charge >= 0.3 is 5.97 Å². The van der Waals surface area contributed by atoms with Crippen LogP contribution in [0.3, 0.4) is 0 Å². The molecular weight excluding hydrogens is 454 g/mol. The fourth-order valence-corrected chi connectivity index (χ4v) is 6.72. The summed E-state index contributed by atoms with van der Waals surface area (Å²) in [5, 5.41) is 0.183. The van der Waals surface area contributed by atoms with Gasteiger partial charge < -0.3 is 13.9 Å². The molecule has 2 heterocycles. The Balaban J connectivity index is 1.60. The van der Waals surface area contributed by atoms with E-state index in [1.807, 2.05) is 6.92 Å². The van der Waals surface area contributed by atoms with Crippen molar-refractivity contribution in [2.75, 3.05) is 13.2 Å². The van der Waals surface area contributed by atoms with Crippen LogP contribution >= 0.6 is 0 Å². The van der Waals surface area contributed by atoms with Crippen molar-refractivity contribution in [3.8, 4) is 0 Å². The minimum atomic E-state index is -1.81. The molecule has 0 saturated carbocycles. The highest BCUT2D eigenvalue weighted by Gasteiger charge is 2.54. The molecule has 2 saturated heterocycles. The van der Waals surface area contributed by atoms with Crippen LogP contribution in [0, 0.1) is 5.92 Å². The lowest BCUT2D eigenvalue weighted by molar-refractivity contribution is -0.154. The average Bonchev–Trinajstić information content (AvgIpc) is 3.31. The number of nitrogens with zero attached hydrogens (tertiary/aromatic N) is 1. The van der Waals surface area contributed by atoms with Gasteiger partial charge in [0, 0.05) is 18.9 Å². The molecule has 35 heavy (non-hydrogen) atoms. The third-order valence-electron chi connectivity index (χ3n) is 8.63. The van der Waals surface area contributed by atoms with E-state index in [1.54, 1.807) is 0 Å². The maximum Gasteiger partial charge on any atom is 0.309 e. The second-order valence-corrected chi connectivity index (χ2v) is 17.1. The summed E-state index contributed by atoms with van der Waals surface area (Å²) in [6, 6.07) is 7.10. The fourth-order valence-electron chi connectivity index (χ4n) is 5.77. The third kappa shape index (κ3) is 5.18. The molecule has 5 nitrogen and oxygen atoms in total. The van der Waals surface area contributed by atoms with Gasteiger partial charge in [0.2, 0.25) is 0 Å². The largest absolute Gasteiger partial charge is 0.466 e. The molecule has 5 atom stereocenters. The Kier molecular flexibility index (Phi) is 7.69. The smallest absolute Gasteiger partial charge is 0.309 e. The number of benzene rings is 1. The zero-order chi connectivity index (χ0) is 25.5. The predicted molar refractivity (Wildman–Crippen MR) is 143 cm³/mol. The summed E-state index contributed by atoms with van der Waals surface area (Å²) in [5.41, 5.74) is 4.30. The minimum absolute atomic E-state index is 0.0579. The molecule has 1 aromatic carbocycles. The summed E-state index contributed by atoms with van der Waals surface area (Å²) in [6.45, 7) is 18.8. The molecule has 0 N–H and O–H groups in total. The van der Waals surface area contributed by atoms with Gasteiger partial charge in [0.15, 0.2) is 8.32 Å². The molecule has 1 aliphatic carbocycles. The van der Waals surface area contributed by atoms with Crippen LogP contribution in [0.1, 0.15) is 83.0 Å². The Morgan fingerprint density at radius 2 is 2.00 bits per heavy atom. The van der Waals surface area contributed by atoms with E-state index in [9.17, 15) is 4.79 Å². The van der Waals surface area contributed by atoms with E-state index in [2.05, 4.69) is 83.0 Å². The topological polar surface area (TPSA) is 48.0 Å². The lowest BCUT2D eigenvalue weighted by atomic mass is 9.86. The van der Waals surface area contributed by atoms with Crippen molar-refractivity contribution in [2.45, 2.75) is 109 Å². The number of esters is 1. The maximum atomic E-state index is 12.8. The standard InChI is InChI=1S/C29H45NO4Si/c1-9-32-28(31)21-16-22(13-11-15-33-35(7,8)29(4,5)6)30-25(18-21)34-24-17-20-12-10-14-23(19(2)3)26(20)27(24)30/h10-14,19,21-22,24-25,27H,9,15-18H2,1-8H3/b13-11+/t21-,22-,24-,25-,27-/m1/s1. The highest BCUT2D eigenvalue weighted by atomic mass is 28.4. The first-order valence-corrected chi connectivity index (χ1v) is 16.4. The Hall–Kier alpha value is -1.47. The monoisotopic (exact) mass is 499 g/mol. The third-order valence-corrected chi connectivity index (χ3v) is 13.1. The molecule has 4 rings (SSSR count). The van der Waals surface area contributed by atoms with Crippen LogP contribution < -0.4 is 0 Å². The van der Waals surface area contributed by atoms with E-state index < -0.39 is 8.32 Å². The first-order chi connectivity index (χ1) is 16.4. The molecule has 2 aliphatic heterocycles. The van der Waals surface area contributed by atoms with Gasteiger partial charge in [-0.1, -0.05) is 65.0 Å². The first kappa shape index (κ1) is 26.6. The Labute approximate surface area is 213 Å². The lowest BCUT2D eigenvalue weighted by Crippen LogP contribution is -2.48. The van der Waals surface area contributed by atoms with E-state index >= 15 is 0 Å². The number of piperidine rings is 1. The molecule has 3 aliphatic rings. The van der Waals surface area contributed by atoms with Crippen molar-refractivity contribution in [1.29, 1.82) is 0 Å². The van der Waals surface area contributed by atoms with Crippen molar-refractivity contribution >= 4 is 14.3 Å². The summed E-state index contributed by atoms with van der Waals surface area (Å²) in [7, 11) is -1.81. The van der Waals surface area contributed by atoms with Gasteiger partial charge in [-0.05, 0) is 54.1 Å². The van der Waals surface area contributed by atoms with Crippen LogP contribution in [0.5, 0.6) is 0 Å². The maximum absolute atomic E-state index is 12.8. The van der Waals surface area contributed by atoms with E-state index in [0.717, 1.165) is 12.8 Å². The summed E-state index contributed by atoms with van der Waals surface area (Å²) in [5.74, 6) is 0.240. The van der Waals surface area contributed by atoms with Gasteiger partial charge in [0.25, 0.3) is 0 Å². The van der Waals surface area contributed by atoms with Gasteiger partial charge in [-0.3, -0.25) is 9.69 Å². The van der Waals surface area contributed by atoms with Crippen molar-refractivity contribution in [1.82, 2.24) is 4.90 Å². The van der Waals surface area contributed by atoms with Crippen LogP contribution in [-0.2, 0) is 25.1 Å². The summed E-state index contributed by atoms with van der Waals surface area (Å²) >= 11 is 0. The average molecular weight is 500 g/mol. The van der Waals surface area contributed by atoms with E-state index in [0.29, 0.717) is 25.6 Å². The fraction of sp³-hybridized carbons (Fsp3) is 0.690. The van der Waals surface area contributed by atoms with Crippen LogP contribution in [0.25, 0.3) is 0 Å². The number of hydrogen-bond acceptors (Lipinski definition) is 5. The van der Waals surface area contributed by atoms with Gasteiger partial charge in [-0.2, -0.15) is 0 Å². The van der Waals surface area contributed by atoms with Crippen LogP contribution in [-0.4, -0.2) is 50.8 Å². The molecule has 1 aromatic rings. The number of fused-ring (bicyclic) bond motifs is 5. The highest BCUT2D eigenvalue weighted by Crippen LogP contribution is 2.51. The highest BCUT2D eigenvalue weighted by molar-refractivity contribution is 6.74. The van der Waals surface area contributed by atoms with Crippen molar-refractivity contribution in [3.05, 3.63) is 47.0 Å². The number of carbonyl (C=O) groups excluding carboxylic acids is 1. The molecule has 6 heteroatoms. The van der Waals surface area contributed by atoms with E-state index in [1.165, 1.54) is 16.7 Å². The van der Waals surface area contributed by atoms with Crippen molar-refractivity contribution < 1.29 is 18.7 Å². The van der Waals surface area contributed by atoms with Crippen molar-refractivity contribution in [2.24, 2.45) is 5.92 Å². The number of hydrogen-bond donors (Lipinski definition) is 0. The Bertz CT molecular complexity index is 950. The second kappa shape index (κ2) is 10.1. The molecule has 0 radical (unpaired) electrons. The quantitative estimate of drug-likeness (QED) is 0.248. The summed E-state index contributed by atoms with van der Waals surface area (Å²) in [6.07, 6.45) is 6.95. The molecule has 0 bridgehead atoms. The predicted octanol–water partition coefficient (Wildman–Crippen LogP) is 6.35. The second-order valence-electron chi connectivity index (χ2n) is 12.3. The normalized spacial score (nSPS) is 28.9. The number of carbonyl (C=O) groups is 1. The summed E-state index contributed by atoms with van der Waals surface area (Å²) in [4.78, 5) is 15.3. The minimum Gasteiger partial charge on any atom is -0.466 e. The molecule has 194 valence electrons. The SMILES string of the molecule is CCOC(=O)[C@@H]1C[C@@H](/C=C/CO[Si](C)(C)C(C)(C)C)N2[C@@H](C1)O[C@@H]1Cc3cccc(C(C)C)c3[C@@H]12. The van der Waals surface area contributed by atoms with Crippen LogP contribution in [0.15, 0.2) is 30.4 Å². The summed E-state index contributed by atoms with van der Waals surface area (Å²) < 4.78 is 18.5. The molecule has 2 fully saturated rings. The van der Waals surface area contributed by atoms with Crippen molar-refractivity contribution in [3.63, 3.8) is 0 Å². The Morgan fingerprint density at radius 1 is 1.26 bits per heavy atom. The van der Waals surface area contributed by atoms with Crippen LogP contribution in [0.2, 0.25) is 18.1 Å². The molecule has 0 amide bonds. The van der Waals surface area contributed by atoms with Gasteiger partial charge in [0.05, 0.1) is 31.3 Å².